The summed E-state index contributed by atoms with van der Waals surface area (Å²) >= 11 is 0. The highest BCUT2D eigenvalue weighted by atomic mass is 16.1. The zero-order valence-corrected chi connectivity index (χ0v) is 9.58. The van der Waals surface area contributed by atoms with Gasteiger partial charge < -0.3 is 5.73 Å². The normalized spacial score (nSPS) is 33.9. The van der Waals surface area contributed by atoms with Gasteiger partial charge in [0.05, 0.1) is 0 Å². The molecule has 2 heteroatoms. The highest BCUT2D eigenvalue weighted by molar-refractivity contribution is 5.76. The number of nitrogens with two attached hydrogens (primary N) is 1. The third kappa shape index (κ3) is 2.73. The second kappa shape index (κ2) is 5.00. The van der Waals surface area contributed by atoms with Gasteiger partial charge in [0.2, 0.25) is 5.91 Å². The van der Waals surface area contributed by atoms with Crippen LogP contribution in [0.1, 0.15) is 57.8 Å². The molecule has 0 unspecified atom stereocenters. The average molecular weight is 209 g/mol. The van der Waals surface area contributed by atoms with Crippen molar-refractivity contribution in [3.8, 4) is 0 Å². The van der Waals surface area contributed by atoms with Crippen LogP contribution < -0.4 is 5.73 Å². The summed E-state index contributed by atoms with van der Waals surface area (Å²) in [5.74, 6) is 1.98. The molecule has 1 amide bonds. The maximum Gasteiger partial charge on any atom is 0.220 e. The van der Waals surface area contributed by atoms with Gasteiger partial charge in [0.15, 0.2) is 0 Å². The number of carbonyl (C=O) groups excluding carboxylic acids is 1. The van der Waals surface area contributed by atoms with E-state index >= 15 is 0 Å². The molecule has 0 atom stereocenters. The molecule has 0 aromatic rings. The van der Waals surface area contributed by atoms with Crippen molar-refractivity contribution in [1.82, 2.24) is 0 Å². The Morgan fingerprint density at radius 3 is 1.87 bits per heavy atom. The van der Waals surface area contributed by atoms with Crippen LogP contribution in [0.3, 0.4) is 0 Å². The van der Waals surface area contributed by atoms with Crippen LogP contribution in [0.25, 0.3) is 0 Å². The van der Waals surface area contributed by atoms with E-state index in [9.17, 15) is 4.79 Å². The zero-order chi connectivity index (χ0) is 10.7. The van der Waals surface area contributed by atoms with Gasteiger partial charge in [-0.05, 0) is 37.5 Å². The van der Waals surface area contributed by atoms with Crippen LogP contribution in [0, 0.1) is 17.8 Å². The molecule has 0 aromatic carbocycles. The summed E-state index contributed by atoms with van der Waals surface area (Å²) in [4.78, 5) is 11.1. The van der Waals surface area contributed by atoms with Gasteiger partial charge in [-0.1, -0.05) is 32.1 Å². The fourth-order valence-electron chi connectivity index (χ4n) is 3.48. The van der Waals surface area contributed by atoms with Gasteiger partial charge >= 0.3 is 0 Å². The predicted molar refractivity (Wildman–Crippen MR) is 61.2 cm³/mol. The van der Waals surface area contributed by atoms with E-state index in [4.69, 9.17) is 5.73 Å². The molecule has 2 N–H and O–H groups in total. The maximum atomic E-state index is 11.1. The van der Waals surface area contributed by atoms with Gasteiger partial charge in [-0.25, -0.2) is 0 Å². The van der Waals surface area contributed by atoms with Gasteiger partial charge in [-0.2, -0.15) is 0 Å². The van der Waals surface area contributed by atoms with E-state index in [0.29, 0.717) is 0 Å². The monoisotopic (exact) mass is 209 g/mol. The Labute approximate surface area is 92.6 Å². The Kier molecular flexibility index (Phi) is 3.66. The molecule has 15 heavy (non-hydrogen) atoms. The topological polar surface area (TPSA) is 43.1 Å². The first-order valence-corrected chi connectivity index (χ1v) is 6.56. The molecule has 0 spiro atoms. The Bertz CT molecular complexity index is 213. The molecule has 0 heterocycles. The summed E-state index contributed by atoms with van der Waals surface area (Å²) in [5, 5.41) is 0. The van der Waals surface area contributed by atoms with Crippen molar-refractivity contribution >= 4 is 5.91 Å². The van der Waals surface area contributed by atoms with Crippen molar-refractivity contribution < 1.29 is 4.79 Å². The lowest BCUT2D eigenvalue weighted by Crippen LogP contribution is -2.30. The van der Waals surface area contributed by atoms with E-state index < -0.39 is 0 Å². The lowest BCUT2D eigenvalue weighted by atomic mass is 9.71. The molecule has 2 rings (SSSR count). The summed E-state index contributed by atoms with van der Waals surface area (Å²) in [7, 11) is 0. The van der Waals surface area contributed by atoms with Crippen LogP contribution in [0.15, 0.2) is 0 Å². The molecule has 2 saturated carbocycles. The van der Waals surface area contributed by atoms with E-state index in [-0.39, 0.29) is 11.8 Å². The van der Waals surface area contributed by atoms with Crippen LogP contribution in [-0.2, 0) is 4.79 Å². The van der Waals surface area contributed by atoms with Crippen LogP contribution in [0.2, 0.25) is 0 Å². The molecule has 0 bridgehead atoms. The van der Waals surface area contributed by atoms with Crippen molar-refractivity contribution in [2.24, 2.45) is 23.5 Å². The van der Waals surface area contributed by atoms with Gasteiger partial charge in [0.25, 0.3) is 0 Å². The van der Waals surface area contributed by atoms with Gasteiger partial charge in [-0.3, -0.25) is 4.79 Å². The first kappa shape index (κ1) is 11.0. The number of primary amides is 1. The minimum Gasteiger partial charge on any atom is -0.369 e. The summed E-state index contributed by atoms with van der Waals surface area (Å²) in [5.41, 5.74) is 5.35. The number of rotatable bonds is 2. The third-order valence-corrected chi connectivity index (χ3v) is 4.49. The van der Waals surface area contributed by atoms with E-state index in [0.717, 1.165) is 24.7 Å². The van der Waals surface area contributed by atoms with Crippen LogP contribution >= 0.6 is 0 Å². The first-order chi connectivity index (χ1) is 7.27. The fraction of sp³-hybridized carbons (Fsp3) is 0.923. The quantitative estimate of drug-likeness (QED) is 0.746. The molecule has 0 aromatic heterocycles. The summed E-state index contributed by atoms with van der Waals surface area (Å²) in [6.07, 6.45) is 11.8. The molecule has 86 valence electrons. The number of amides is 1. The van der Waals surface area contributed by atoms with E-state index in [1.165, 1.54) is 44.9 Å². The van der Waals surface area contributed by atoms with Crippen LogP contribution in [0.4, 0.5) is 0 Å². The Morgan fingerprint density at radius 1 is 0.800 bits per heavy atom. The highest BCUT2D eigenvalue weighted by Crippen LogP contribution is 2.39. The third-order valence-electron chi connectivity index (χ3n) is 4.49. The smallest absolute Gasteiger partial charge is 0.220 e. The maximum absolute atomic E-state index is 11.1. The number of hydrogen-bond acceptors (Lipinski definition) is 1. The molecule has 2 fully saturated rings. The fourth-order valence-corrected chi connectivity index (χ4v) is 3.48. The van der Waals surface area contributed by atoms with Gasteiger partial charge in [0.1, 0.15) is 0 Å². The average Bonchev–Trinajstić information content (AvgIpc) is 2.30. The van der Waals surface area contributed by atoms with Crippen molar-refractivity contribution in [1.29, 1.82) is 0 Å². The predicted octanol–water partition coefficient (Wildman–Crippen LogP) is 2.86. The molecule has 2 aliphatic carbocycles. The van der Waals surface area contributed by atoms with Gasteiger partial charge in [0, 0.05) is 5.92 Å². The van der Waals surface area contributed by atoms with Crippen molar-refractivity contribution in [3.63, 3.8) is 0 Å². The Morgan fingerprint density at radius 2 is 1.33 bits per heavy atom. The molecule has 0 saturated heterocycles. The van der Waals surface area contributed by atoms with E-state index in [1.54, 1.807) is 0 Å². The minimum atomic E-state index is -0.0721. The van der Waals surface area contributed by atoms with Crippen LogP contribution in [-0.4, -0.2) is 5.91 Å². The molecule has 2 nitrogen and oxygen atoms in total. The number of hydrogen-bond donors (Lipinski definition) is 1. The van der Waals surface area contributed by atoms with E-state index in [2.05, 4.69) is 0 Å². The van der Waals surface area contributed by atoms with Crippen molar-refractivity contribution in [2.75, 3.05) is 0 Å². The van der Waals surface area contributed by atoms with E-state index in [1.807, 2.05) is 0 Å². The highest BCUT2D eigenvalue weighted by Gasteiger charge is 2.30. The summed E-state index contributed by atoms with van der Waals surface area (Å²) in [6.45, 7) is 0. The van der Waals surface area contributed by atoms with Gasteiger partial charge in [-0.15, -0.1) is 0 Å². The van der Waals surface area contributed by atoms with Crippen LogP contribution in [0.5, 0.6) is 0 Å². The second-order valence-electron chi connectivity index (χ2n) is 5.41. The Hall–Kier alpha value is -0.530. The Balaban J connectivity index is 1.79. The van der Waals surface area contributed by atoms with Crippen molar-refractivity contribution in [2.45, 2.75) is 57.8 Å². The molecule has 0 radical (unpaired) electrons. The van der Waals surface area contributed by atoms with Crippen molar-refractivity contribution in [3.05, 3.63) is 0 Å². The molecule has 2 aliphatic rings. The number of carbonyl (C=O) groups is 1. The largest absolute Gasteiger partial charge is 0.369 e. The molecular formula is C13H23NO. The SMILES string of the molecule is NC(=O)C1CCC(C2CCCCC2)CC1. The summed E-state index contributed by atoms with van der Waals surface area (Å²) in [6, 6.07) is 0. The summed E-state index contributed by atoms with van der Waals surface area (Å²) < 4.78 is 0. The minimum absolute atomic E-state index is 0.0721. The second-order valence-corrected chi connectivity index (χ2v) is 5.41. The standard InChI is InChI=1S/C13H23NO/c14-13(15)12-8-6-11(7-9-12)10-4-2-1-3-5-10/h10-12H,1-9H2,(H2,14,15). The molecule has 0 aliphatic heterocycles. The molecular weight excluding hydrogens is 186 g/mol. The zero-order valence-electron chi connectivity index (χ0n) is 9.58. The lowest BCUT2D eigenvalue weighted by molar-refractivity contribution is -0.123. The first-order valence-electron chi connectivity index (χ1n) is 6.56. The lowest BCUT2D eigenvalue weighted by Gasteiger charge is -2.35.